The highest BCUT2D eigenvalue weighted by molar-refractivity contribution is 4.92. The van der Waals surface area contributed by atoms with E-state index in [4.69, 9.17) is 5.73 Å². The zero-order valence-corrected chi connectivity index (χ0v) is 12.1. The van der Waals surface area contributed by atoms with Crippen LogP contribution < -0.4 is 5.73 Å². The van der Waals surface area contributed by atoms with Crippen molar-refractivity contribution in [2.45, 2.75) is 96.9 Å². The van der Waals surface area contributed by atoms with Crippen LogP contribution in [0.3, 0.4) is 0 Å². The first-order chi connectivity index (χ1) is 8.25. The highest BCUT2D eigenvalue weighted by Gasteiger charge is 2.37. The summed E-state index contributed by atoms with van der Waals surface area (Å²) in [5, 5.41) is 0. The highest BCUT2D eigenvalue weighted by Crippen LogP contribution is 2.44. The van der Waals surface area contributed by atoms with Crippen LogP contribution in [0.15, 0.2) is 0 Å². The second kappa shape index (κ2) is 8.13. The van der Waals surface area contributed by atoms with Crippen LogP contribution in [0.4, 0.5) is 0 Å². The Balaban J connectivity index is 2.48. The topological polar surface area (TPSA) is 26.0 Å². The fraction of sp³-hybridized carbons (Fsp3) is 1.00. The number of hydrogen-bond donors (Lipinski definition) is 1. The van der Waals surface area contributed by atoms with Gasteiger partial charge in [-0.2, -0.15) is 0 Å². The van der Waals surface area contributed by atoms with Crippen molar-refractivity contribution in [3.8, 4) is 0 Å². The van der Waals surface area contributed by atoms with Crippen molar-refractivity contribution in [2.75, 3.05) is 0 Å². The molecule has 102 valence electrons. The average Bonchev–Trinajstić information content (AvgIpc) is 2.33. The number of hydrogen-bond acceptors (Lipinski definition) is 1. The van der Waals surface area contributed by atoms with Gasteiger partial charge in [0.2, 0.25) is 0 Å². The van der Waals surface area contributed by atoms with Gasteiger partial charge in [0.15, 0.2) is 0 Å². The summed E-state index contributed by atoms with van der Waals surface area (Å²) in [5.41, 5.74) is 6.99. The molecule has 1 unspecified atom stereocenters. The van der Waals surface area contributed by atoms with E-state index in [1.165, 1.54) is 77.0 Å². The van der Waals surface area contributed by atoms with Crippen molar-refractivity contribution >= 4 is 0 Å². The minimum Gasteiger partial charge on any atom is -0.327 e. The lowest BCUT2D eigenvalue weighted by Crippen LogP contribution is -2.44. The fourth-order valence-corrected chi connectivity index (χ4v) is 3.53. The molecule has 2 N–H and O–H groups in total. The van der Waals surface area contributed by atoms with Gasteiger partial charge < -0.3 is 5.73 Å². The number of rotatable bonds is 8. The lowest BCUT2D eigenvalue weighted by molar-refractivity contribution is 0.116. The Labute approximate surface area is 109 Å². The molecule has 0 amide bonds. The summed E-state index contributed by atoms with van der Waals surface area (Å²) in [4.78, 5) is 0. The van der Waals surface area contributed by atoms with Gasteiger partial charge in [0.25, 0.3) is 0 Å². The molecule has 1 aliphatic carbocycles. The third-order valence-corrected chi connectivity index (χ3v) is 4.78. The van der Waals surface area contributed by atoms with Gasteiger partial charge in [0.05, 0.1) is 0 Å². The Morgan fingerprint density at radius 1 is 0.941 bits per heavy atom. The Morgan fingerprint density at radius 3 is 2.00 bits per heavy atom. The van der Waals surface area contributed by atoms with Gasteiger partial charge in [-0.05, 0) is 31.1 Å². The number of nitrogens with two attached hydrogens (primary N) is 1. The van der Waals surface area contributed by atoms with Crippen LogP contribution in [-0.4, -0.2) is 6.04 Å². The van der Waals surface area contributed by atoms with E-state index in [1.54, 1.807) is 0 Å². The Bertz CT molecular complexity index is 178. The molecular formula is C16H33N. The van der Waals surface area contributed by atoms with Crippen LogP contribution in [0.1, 0.15) is 90.9 Å². The van der Waals surface area contributed by atoms with Gasteiger partial charge in [-0.25, -0.2) is 0 Å². The summed E-state index contributed by atoms with van der Waals surface area (Å²) >= 11 is 0. The SMILES string of the molecule is CCCCCC1(CCCCC)CCCCC1N. The summed E-state index contributed by atoms with van der Waals surface area (Å²) < 4.78 is 0. The largest absolute Gasteiger partial charge is 0.327 e. The van der Waals surface area contributed by atoms with Gasteiger partial charge in [-0.3, -0.25) is 0 Å². The fourth-order valence-electron chi connectivity index (χ4n) is 3.53. The van der Waals surface area contributed by atoms with Crippen LogP contribution in [0.2, 0.25) is 0 Å². The predicted molar refractivity (Wildman–Crippen MR) is 77.2 cm³/mol. The smallest absolute Gasteiger partial charge is 0.00955 e. The highest BCUT2D eigenvalue weighted by atomic mass is 14.7. The molecule has 0 radical (unpaired) electrons. The first kappa shape index (κ1) is 15.0. The van der Waals surface area contributed by atoms with Crippen LogP contribution in [0.25, 0.3) is 0 Å². The van der Waals surface area contributed by atoms with Crippen molar-refractivity contribution in [1.82, 2.24) is 0 Å². The second-order valence-corrected chi connectivity index (χ2v) is 6.13. The molecular weight excluding hydrogens is 206 g/mol. The van der Waals surface area contributed by atoms with Crippen LogP contribution in [-0.2, 0) is 0 Å². The van der Waals surface area contributed by atoms with Crippen molar-refractivity contribution in [3.05, 3.63) is 0 Å². The van der Waals surface area contributed by atoms with E-state index in [2.05, 4.69) is 13.8 Å². The second-order valence-electron chi connectivity index (χ2n) is 6.13. The standard InChI is InChI=1S/C16H33N/c1-3-5-8-12-16(13-9-6-4-2)14-10-7-11-15(16)17/h15H,3-14,17H2,1-2H3. The average molecular weight is 239 g/mol. The van der Waals surface area contributed by atoms with Gasteiger partial charge in [0, 0.05) is 6.04 Å². The molecule has 1 fully saturated rings. The molecule has 1 heteroatoms. The van der Waals surface area contributed by atoms with Crippen molar-refractivity contribution < 1.29 is 0 Å². The van der Waals surface area contributed by atoms with Gasteiger partial charge in [-0.15, -0.1) is 0 Å². The zero-order valence-electron chi connectivity index (χ0n) is 12.1. The summed E-state index contributed by atoms with van der Waals surface area (Å²) in [5.74, 6) is 0. The Hall–Kier alpha value is -0.0400. The molecule has 0 aromatic heterocycles. The molecule has 0 heterocycles. The third-order valence-electron chi connectivity index (χ3n) is 4.78. The molecule has 0 bridgehead atoms. The maximum atomic E-state index is 6.48. The summed E-state index contributed by atoms with van der Waals surface area (Å²) in [6.45, 7) is 4.59. The minimum atomic E-state index is 0.491. The predicted octanol–water partition coefficient (Wildman–Crippen LogP) is 5.03. The number of unbranched alkanes of at least 4 members (excludes halogenated alkanes) is 4. The van der Waals surface area contributed by atoms with E-state index in [0.29, 0.717) is 11.5 Å². The van der Waals surface area contributed by atoms with Crippen molar-refractivity contribution in [2.24, 2.45) is 11.1 Å². The van der Waals surface area contributed by atoms with Crippen molar-refractivity contribution in [1.29, 1.82) is 0 Å². The first-order valence-corrected chi connectivity index (χ1v) is 8.01. The molecule has 0 aromatic rings. The summed E-state index contributed by atoms with van der Waals surface area (Å²) in [6, 6.07) is 0.491. The van der Waals surface area contributed by atoms with Crippen LogP contribution in [0, 0.1) is 5.41 Å². The zero-order chi connectivity index (χ0) is 12.6. The molecule has 1 atom stereocenters. The minimum absolute atomic E-state index is 0.491. The maximum Gasteiger partial charge on any atom is 0.00955 e. The Morgan fingerprint density at radius 2 is 1.53 bits per heavy atom. The normalized spacial score (nSPS) is 23.8. The molecule has 0 saturated heterocycles. The van der Waals surface area contributed by atoms with Gasteiger partial charge in [-0.1, -0.05) is 65.2 Å². The monoisotopic (exact) mass is 239 g/mol. The summed E-state index contributed by atoms with van der Waals surface area (Å²) in [6.07, 6.45) is 16.5. The van der Waals surface area contributed by atoms with Gasteiger partial charge in [0.1, 0.15) is 0 Å². The molecule has 0 spiro atoms. The van der Waals surface area contributed by atoms with Crippen molar-refractivity contribution in [3.63, 3.8) is 0 Å². The molecule has 1 aliphatic rings. The van der Waals surface area contributed by atoms with E-state index in [0.717, 1.165) is 0 Å². The van der Waals surface area contributed by atoms with E-state index in [1.807, 2.05) is 0 Å². The summed E-state index contributed by atoms with van der Waals surface area (Å²) in [7, 11) is 0. The lowest BCUT2D eigenvalue weighted by atomic mass is 9.65. The van der Waals surface area contributed by atoms with Crippen LogP contribution >= 0.6 is 0 Å². The molecule has 0 aromatic carbocycles. The van der Waals surface area contributed by atoms with Crippen LogP contribution in [0.5, 0.6) is 0 Å². The maximum absolute atomic E-state index is 6.48. The van der Waals surface area contributed by atoms with E-state index in [-0.39, 0.29) is 0 Å². The molecule has 0 aliphatic heterocycles. The molecule has 17 heavy (non-hydrogen) atoms. The third kappa shape index (κ3) is 4.62. The van der Waals surface area contributed by atoms with E-state index >= 15 is 0 Å². The molecule has 1 nitrogen and oxygen atoms in total. The first-order valence-electron chi connectivity index (χ1n) is 8.01. The van der Waals surface area contributed by atoms with E-state index in [9.17, 15) is 0 Å². The lowest BCUT2D eigenvalue weighted by Gasteiger charge is -2.43. The molecule has 1 saturated carbocycles. The molecule has 1 rings (SSSR count). The van der Waals surface area contributed by atoms with Gasteiger partial charge >= 0.3 is 0 Å². The Kier molecular flexibility index (Phi) is 7.18. The van der Waals surface area contributed by atoms with E-state index < -0.39 is 0 Å². The quantitative estimate of drug-likeness (QED) is 0.590.